The Balaban J connectivity index is 2.29. The monoisotopic (exact) mass is 144 g/mol. The molecule has 2 nitrogen and oxygen atoms in total. The minimum absolute atomic E-state index is 0.0995. The van der Waals surface area contributed by atoms with Crippen LogP contribution in [0.4, 0.5) is 0 Å². The summed E-state index contributed by atoms with van der Waals surface area (Å²) in [6, 6.07) is 0. The van der Waals surface area contributed by atoms with Crippen molar-refractivity contribution in [3.05, 3.63) is 0 Å². The van der Waals surface area contributed by atoms with Crippen LogP contribution in [0.3, 0.4) is 0 Å². The van der Waals surface area contributed by atoms with E-state index in [1.807, 2.05) is 0 Å². The third-order valence-electron chi connectivity index (χ3n) is 2.46. The summed E-state index contributed by atoms with van der Waals surface area (Å²) < 4.78 is 0. The predicted molar refractivity (Wildman–Crippen MR) is 39.8 cm³/mol. The van der Waals surface area contributed by atoms with E-state index in [9.17, 15) is 0 Å². The number of hydrogen-bond acceptors (Lipinski definition) is 2. The van der Waals surface area contributed by atoms with Crippen LogP contribution >= 0.6 is 0 Å². The van der Waals surface area contributed by atoms with Gasteiger partial charge in [-0.15, -0.1) is 0 Å². The molecule has 2 heteroatoms. The largest absolute Gasteiger partial charge is 0.252 e. The molecule has 0 aromatic carbocycles. The van der Waals surface area contributed by atoms with Crippen LogP contribution in [0.5, 0.6) is 0 Å². The Hall–Kier alpha value is -0.0800. The van der Waals surface area contributed by atoms with Crippen molar-refractivity contribution in [1.82, 2.24) is 0 Å². The van der Waals surface area contributed by atoms with E-state index in [0.717, 1.165) is 6.42 Å². The first-order valence-corrected chi connectivity index (χ1v) is 4.18. The first-order chi connectivity index (χ1) is 4.88. The highest BCUT2D eigenvalue weighted by Crippen LogP contribution is 2.29. The maximum Gasteiger partial charge on any atom is 0.0952 e. The lowest BCUT2D eigenvalue weighted by Crippen LogP contribution is -2.19. The minimum atomic E-state index is 0.0995. The molecule has 10 heavy (non-hydrogen) atoms. The van der Waals surface area contributed by atoms with Gasteiger partial charge in [0.15, 0.2) is 0 Å². The zero-order valence-corrected chi connectivity index (χ0v) is 6.55. The van der Waals surface area contributed by atoms with Gasteiger partial charge < -0.3 is 0 Å². The Labute approximate surface area is 62.1 Å². The molecule has 1 saturated carbocycles. The maximum absolute atomic E-state index is 8.49. The summed E-state index contributed by atoms with van der Waals surface area (Å²) in [5.74, 6) is 0.620. The summed E-state index contributed by atoms with van der Waals surface area (Å²) in [6.07, 6.45) is 6.12. The maximum atomic E-state index is 8.49. The molecule has 0 unspecified atom stereocenters. The molecule has 1 rings (SSSR count). The van der Waals surface area contributed by atoms with Crippen LogP contribution in [0, 0.1) is 5.92 Å². The van der Waals surface area contributed by atoms with Gasteiger partial charge in [0, 0.05) is 0 Å². The molecule has 0 heterocycles. The summed E-state index contributed by atoms with van der Waals surface area (Å²) in [6.45, 7) is 2.05. The SMILES string of the molecule is CC[C@H](OO)C1CCCC1. The Morgan fingerprint density at radius 2 is 2.10 bits per heavy atom. The van der Waals surface area contributed by atoms with Crippen molar-refractivity contribution in [2.24, 2.45) is 5.92 Å². The van der Waals surface area contributed by atoms with Crippen molar-refractivity contribution in [2.75, 3.05) is 0 Å². The highest BCUT2D eigenvalue weighted by Gasteiger charge is 2.24. The highest BCUT2D eigenvalue weighted by molar-refractivity contribution is 4.73. The zero-order chi connectivity index (χ0) is 7.40. The molecule has 0 saturated heterocycles. The summed E-state index contributed by atoms with van der Waals surface area (Å²) in [5, 5.41) is 8.49. The lowest BCUT2D eigenvalue weighted by Gasteiger charge is -2.17. The second-order valence-corrected chi connectivity index (χ2v) is 3.10. The molecule has 0 aliphatic heterocycles. The van der Waals surface area contributed by atoms with Crippen LogP contribution in [-0.2, 0) is 4.89 Å². The molecular formula is C8H16O2. The fraction of sp³-hybridized carbons (Fsp3) is 1.00. The van der Waals surface area contributed by atoms with E-state index in [-0.39, 0.29) is 6.10 Å². The van der Waals surface area contributed by atoms with E-state index in [4.69, 9.17) is 5.26 Å². The van der Waals surface area contributed by atoms with Gasteiger partial charge in [0.25, 0.3) is 0 Å². The fourth-order valence-electron chi connectivity index (χ4n) is 1.82. The molecule has 1 aliphatic rings. The van der Waals surface area contributed by atoms with E-state index < -0.39 is 0 Å². The van der Waals surface area contributed by atoms with Crippen LogP contribution in [0.15, 0.2) is 0 Å². The van der Waals surface area contributed by atoms with Gasteiger partial charge in [-0.05, 0) is 25.2 Å². The standard InChI is InChI=1S/C8H16O2/c1-2-8(10-9)7-5-3-4-6-7/h7-9H,2-6H2,1H3/t8-/m0/s1. The van der Waals surface area contributed by atoms with E-state index >= 15 is 0 Å². The smallest absolute Gasteiger partial charge is 0.0952 e. The number of rotatable bonds is 3. The normalized spacial score (nSPS) is 23.4. The predicted octanol–water partition coefficient (Wildman–Crippen LogP) is 2.44. The quantitative estimate of drug-likeness (QED) is 0.487. The van der Waals surface area contributed by atoms with E-state index in [0.29, 0.717) is 5.92 Å². The fourth-order valence-corrected chi connectivity index (χ4v) is 1.82. The molecule has 60 valence electrons. The average molecular weight is 144 g/mol. The van der Waals surface area contributed by atoms with Gasteiger partial charge in [-0.3, -0.25) is 5.26 Å². The second-order valence-electron chi connectivity index (χ2n) is 3.10. The van der Waals surface area contributed by atoms with Gasteiger partial charge >= 0.3 is 0 Å². The minimum Gasteiger partial charge on any atom is -0.252 e. The highest BCUT2D eigenvalue weighted by atomic mass is 17.1. The molecule has 0 bridgehead atoms. The topological polar surface area (TPSA) is 29.5 Å². The zero-order valence-electron chi connectivity index (χ0n) is 6.55. The summed E-state index contributed by atoms with van der Waals surface area (Å²) in [7, 11) is 0. The molecular weight excluding hydrogens is 128 g/mol. The summed E-state index contributed by atoms with van der Waals surface area (Å²) in [4.78, 5) is 4.38. The van der Waals surface area contributed by atoms with E-state index in [1.54, 1.807) is 0 Å². The van der Waals surface area contributed by atoms with Crippen LogP contribution < -0.4 is 0 Å². The van der Waals surface area contributed by atoms with Crippen LogP contribution in [-0.4, -0.2) is 11.4 Å². The van der Waals surface area contributed by atoms with Gasteiger partial charge in [0.05, 0.1) is 6.10 Å². The third kappa shape index (κ3) is 1.70. The van der Waals surface area contributed by atoms with Gasteiger partial charge in [-0.2, -0.15) is 0 Å². The lowest BCUT2D eigenvalue weighted by molar-refractivity contribution is -0.290. The summed E-state index contributed by atoms with van der Waals surface area (Å²) in [5.41, 5.74) is 0. The van der Waals surface area contributed by atoms with Crippen molar-refractivity contribution in [3.8, 4) is 0 Å². The molecule has 1 aliphatic carbocycles. The lowest BCUT2D eigenvalue weighted by atomic mass is 9.99. The Bertz CT molecular complexity index is 83.3. The van der Waals surface area contributed by atoms with Gasteiger partial charge in [-0.1, -0.05) is 19.8 Å². The Morgan fingerprint density at radius 1 is 1.50 bits per heavy atom. The molecule has 1 atom stereocenters. The first kappa shape index (κ1) is 8.02. The van der Waals surface area contributed by atoms with Gasteiger partial charge in [-0.25, -0.2) is 4.89 Å². The molecule has 0 aromatic rings. The average Bonchev–Trinajstić information content (AvgIpc) is 2.43. The van der Waals surface area contributed by atoms with Crippen LogP contribution in [0.2, 0.25) is 0 Å². The molecule has 0 amide bonds. The van der Waals surface area contributed by atoms with Crippen molar-refractivity contribution < 1.29 is 10.1 Å². The Morgan fingerprint density at radius 3 is 2.50 bits per heavy atom. The molecule has 0 radical (unpaired) electrons. The van der Waals surface area contributed by atoms with E-state index in [1.165, 1.54) is 25.7 Å². The van der Waals surface area contributed by atoms with E-state index in [2.05, 4.69) is 11.8 Å². The molecule has 1 fully saturated rings. The van der Waals surface area contributed by atoms with Crippen LogP contribution in [0.25, 0.3) is 0 Å². The molecule has 1 N–H and O–H groups in total. The van der Waals surface area contributed by atoms with Crippen molar-refractivity contribution >= 4 is 0 Å². The summed E-state index contributed by atoms with van der Waals surface area (Å²) >= 11 is 0. The van der Waals surface area contributed by atoms with Crippen molar-refractivity contribution in [3.63, 3.8) is 0 Å². The van der Waals surface area contributed by atoms with Crippen LogP contribution in [0.1, 0.15) is 39.0 Å². The molecule has 0 aromatic heterocycles. The number of hydrogen-bond donors (Lipinski definition) is 1. The first-order valence-electron chi connectivity index (χ1n) is 4.18. The molecule has 0 spiro atoms. The van der Waals surface area contributed by atoms with Crippen molar-refractivity contribution in [1.29, 1.82) is 0 Å². The third-order valence-corrected chi connectivity index (χ3v) is 2.46. The van der Waals surface area contributed by atoms with Gasteiger partial charge in [0.1, 0.15) is 0 Å². The Kier molecular flexibility index (Phi) is 3.16. The second kappa shape index (κ2) is 3.94. The van der Waals surface area contributed by atoms with Gasteiger partial charge in [0.2, 0.25) is 0 Å². The van der Waals surface area contributed by atoms with Crippen molar-refractivity contribution in [2.45, 2.75) is 45.1 Å².